The van der Waals surface area contributed by atoms with Crippen molar-refractivity contribution in [1.82, 2.24) is 10.2 Å². The molecule has 1 aliphatic heterocycles. The molecule has 0 radical (unpaired) electrons. The molecule has 0 aliphatic carbocycles. The molecule has 0 spiro atoms. The van der Waals surface area contributed by atoms with Crippen LogP contribution in [0.2, 0.25) is 5.02 Å². The van der Waals surface area contributed by atoms with Crippen molar-refractivity contribution in [2.45, 2.75) is 19.8 Å². The van der Waals surface area contributed by atoms with E-state index in [0.29, 0.717) is 15.8 Å². The largest absolute Gasteiger partial charge is 0.338 e. The van der Waals surface area contributed by atoms with E-state index in [0.717, 1.165) is 31.6 Å². The van der Waals surface area contributed by atoms with E-state index in [1.807, 2.05) is 24.3 Å². The summed E-state index contributed by atoms with van der Waals surface area (Å²) in [6, 6.07) is 0. The monoisotopic (exact) mass is 322 g/mol. The number of amides is 1. The number of carbonyl (C=O) groups is 1. The van der Waals surface area contributed by atoms with Gasteiger partial charge in [0.25, 0.3) is 5.91 Å². The second kappa shape index (κ2) is 7.48. The minimum Gasteiger partial charge on any atom is -0.338 e. The van der Waals surface area contributed by atoms with Crippen LogP contribution in [0.25, 0.3) is 0 Å². The molecule has 19 heavy (non-hydrogen) atoms. The van der Waals surface area contributed by atoms with Gasteiger partial charge in [-0.25, -0.2) is 0 Å². The average Bonchev–Trinajstić information content (AvgIpc) is 2.70. The van der Waals surface area contributed by atoms with Crippen LogP contribution in [0.15, 0.2) is 5.38 Å². The quantitative estimate of drug-likeness (QED) is 0.926. The molecule has 1 N–H and O–H groups in total. The molecule has 1 unspecified atom stereocenters. The first kappa shape index (κ1) is 16.8. The zero-order chi connectivity index (χ0) is 13.1. The van der Waals surface area contributed by atoms with E-state index in [9.17, 15) is 4.79 Å². The number of piperidine rings is 1. The van der Waals surface area contributed by atoms with Crippen LogP contribution in [0.3, 0.4) is 0 Å². The summed E-state index contributed by atoms with van der Waals surface area (Å²) in [5.41, 5.74) is 0.994. The lowest BCUT2D eigenvalue weighted by Crippen LogP contribution is -2.42. The van der Waals surface area contributed by atoms with Gasteiger partial charge in [-0.1, -0.05) is 11.6 Å². The van der Waals surface area contributed by atoms with Gasteiger partial charge in [0.1, 0.15) is 4.88 Å². The van der Waals surface area contributed by atoms with Gasteiger partial charge < -0.3 is 10.2 Å². The van der Waals surface area contributed by atoms with Crippen molar-refractivity contribution in [2.75, 3.05) is 26.7 Å². The number of nitrogens with one attached hydrogen (secondary N) is 1. The highest BCUT2D eigenvalue weighted by Crippen LogP contribution is 2.29. The number of likely N-dealkylation sites (tertiary alicyclic amines) is 1. The van der Waals surface area contributed by atoms with Crippen molar-refractivity contribution in [3.63, 3.8) is 0 Å². The molecule has 1 atom stereocenters. The lowest BCUT2D eigenvalue weighted by atomic mass is 9.98. The summed E-state index contributed by atoms with van der Waals surface area (Å²) < 4.78 is 0. The molecule has 1 aliphatic rings. The fourth-order valence-electron chi connectivity index (χ4n) is 2.42. The molecule has 108 valence electrons. The van der Waals surface area contributed by atoms with Crippen LogP contribution in [0, 0.1) is 12.8 Å². The molecule has 1 fully saturated rings. The van der Waals surface area contributed by atoms with Gasteiger partial charge >= 0.3 is 0 Å². The van der Waals surface area contributed by atoms with Crippen molar-refractivity contribution in [2.24, 2.45) is 5.92 Å². The number of nitrogens with zero attached hydrogens (tertiary/aromatic N) is 1. The standard InChI is InChI=1S/C13H19ClN2OS.ClH/c1-9-8-18-12(11(9)14)13(17)16-5-3-4-10(7-16)6-15-2;/h8,10,15H,3-7H2,1-2H3;1H. The van der Waals surface area contributed by atoms with Crippen LogP contribution in [-0.4, -0.2) is 37.5 Å². The molecule has 0 aromatic carbocycles. The second-order valence-electron chi connectivity index (χ2n) is 4.88. The Balaban J connectivity index is 0.00000180. The first-order valence-electron chi connectivity index (χ1n) is 6.31. The molecule has 1 saturated heterocycles. The highest BCUT2D eigenvalue weighted by atomic mass is 35.5. The van der Waals surface area contributed by atoms with Crippen molar-refractivity contribution in [1.29, 1.82) is 0 Å². The van der Waals surface area contributed by atoms with Crippen LogP contribution >= 0.6 is 35.3 Å². The number of carbonyl (C=O) groups excluding carboxylic acids is 1. The Labute approximate surface area is 129 Å². The summed E-state index contributed by atoms with van der Waals surface area (Å²) in [5.74, 6) is 0.659. The molecule has 0 saturated carbocycles. The zero-order valence-corrected chi connectivity index (χ0v) is 13.6. The highest BCUT2D eigenvalue weighted by Gasteiger charge is 2.26. The van der Waals surface area contributed by atoms with Crippen LogP contribution in [-0.2, 0) is 0 Å². The van der Waals surface area contributed by atoms with Crippen molar-refractivity contribution >= 4 is 41.3 Å². The Morgan fingerprint density at radius 3 is 2.95 bits per heavy atom. The molecule has 2 heterocycles. The number of halogens is 2. The predicted molar refractivity (Wildman–Crippen MR) is 83.9 cm³/mol. The Kier molecular flexibility index (Phi) is 6.60. The van der Waals surface area contributed by atoms with Gasteiger partial charge in [-0.3, -0.25) is 4.79 Å². The van der Waals surface area contributed by atoms with E-state index in [1.54, 1.807) is 0 Å². The predicted octanol–water partition coefficient (Wildman–Crippen LogP) is 3.20. The van der Waals surface area contributed by atoms with Gasteiger partial charge in [0, 0.05) is 13.1 Å². The third-order valence-corrected chi connectivity index (χ3v) is 5.08. The van der Waals surface area contributed by atoms with E-state index in [-0.39, 0.29) is 18.3 Å². The summed E-state index contributed by atoms with van der Waals surface area (Å²) in [7, 11) is 1.96. The lowest BCUT2D eigenvalue weighted by molar-refractivity contribution is 0.0679. The summed E-state index contributed by atoms with van der Waals surface area (Å²) in [4.78, 5) is 15.1. The number of hydrogen-bond acceptors (Lipinski definition) is 3. The first-order chi connectivity index (χ1) is 8.63. The van der Waals surface area contributed by atoms with Crippen molar-refractivity contribution < 1.29 is 4.79 Å². The lowest BCUT2D eigenvalue weighted by Gasteiger charge is -2.32. The fraction of sp³-hybridized carbons (Fsp3) is 0.615. The van der Waals surface area contributed by atoms with Gasteiger partial charge in [-0.2, -0.15) is 0 Å². The Bertz CT molecular complexity index is 434. The SMILES string of the molecule is CNCC1CCCN(C(=O)c2scc(C)c2Cl)C1.Cl. The van der Waals surface area contributed by atoms with E-state index < -0.39 is 0 Å². The van der Waals surface area contributed by atoms with E-state index in [1.165, 1.54) is 17.8 Å². The topological polar surface area (TPSA) is 32.3 Å². The molecule has 1 aromatic rings. The fourth-order valence-corrected chi connectivity index (χ4v) is 3.66. The van der Waals surface area contributed by atoms with Gasteiger partial charge in [0.05, 0.1) is 5.02 Å². The van der Waals surface area contributed by atoms with Crippen LogP contribution in [0.1, 0.15) is 28.1 Å². The maximum atomic E-state index is 12.4. The minimum absolute atomic E-state index is 0. The Hall–Kier alpha value is -0.290. The molecule has 0 bridgehead atoms. The summed E-state index contributed by atoms with van der Waals surface area (Å²) >= 11 is 7.62. The number of hydrogen-bond donors (Lipinski definition) is 1. The Morgan fingerprint density at radius 2 is 2.37 bits per heavy atom. The summed E-state index contributed by atoms with van der Waals surface area (Å²) in [6.07, 6.45) is 2.28. The molecule has 6 heteroatoms. The van der Waals surface area contributed by atoms with Gasteiger partial charge in [0.15, 0.2) is 0 Å². The molecule has 2 rings (SSSR count). The van der Waals surface area contributed by atoms with Crippen LogP contribution in [0.4, 0.5) is 0 Å². The zero-order valence-electron chi connectivity index (χ0n) is 11.2. The first-order valence-corrected chi connectivity index (χ1v) is 7.56. The van der Waals surface area contributed by atoms with E-state index in [2.05, 4.69) is 5.32 Å². The normalized spacial score (nSPS) is 19.1. The number of aryl methyl sites for hydroxylation is 1. The highest BCUT2D eigenvalue weighted by molar-refractivity contribution is 7.13. The third-order valence-electron chi connectivity index (χ3n) is 3.39. The summed E-state index contributed by atoms with van der Waals surface area (Å²) in [6.45, 7) is 4.61. The van der Waals surface area contributed by atoms with E-state index in [4.69, 9.17) is 11.6 Å². The minimum atomic E-state index is 0. The van der Waals surface area contributed by atoms with E-state index >= 15 is 0 Å². The maximum Gasteiger partial charge on any atom is 0.265 e. The second-order valence-corrected chi connectivity index (χ2v) is 6.14. The smallest absolute Gasteiger partial charge is 0.265 e. The number of rotatable bonds is 3. The maximum absolute atomic E-state index is 12.4. The van der Waals surface area contributed by atoms with Gasteiger partial charge in [-0.15, -0.1) is 23.7 Å². The molecule has 3 nitrogen and oxygen atoms in total. The van der Waals surface area contributed by atoms with Gasteiger partial charge in [-0.05, 0) is 50.2 Å². The summed E-state index contributed by atoms with van der Waals surface area (Å²) in [5, 5.41) is 5.77. The third kappa shape index (κ3) is 3.85. The van der Waals surface area contributed by atoms with Crippen molar-refractivity contribution in [3.8, 4) is 0 Å². The Morgan fingerprint density at radius 1 is 1.63 bits per heavy atom. The number of thiophene rings is 1. The molecule has 1 amide bonds. The van der Waals surface area contributed by atoms with Gasteiger partial charge in [0.2, 0.25) is 0 Å². The average molecular weight is 323 g/mol. The van der Waals surface area contributed by atoms with Crippen LogP contribution < -0.4 is 5.32 Å². The molecular weight excluding hydrogens is 303 g/mol. The molecule has 1 aromatic heterocycles. The molecular formula is C13H20Cl2N2OS. The van der Waals surface area contributed by atoms with Crippen molar-refractivity contribution in [3.05, 3.63) is 20.8 Å². The van der Waals surface area contributed by atoms with Crippen LogP contribution in [0.5, 0.6) is 0 Å².